The molecule has 1 atom stereocenters. The van der Waals surface area contributed by atoms with E-state index < -0.39 is 16.1 Å². The molecule has 2 aromatic carbocycles. The topological polar surface area (TPSA) is 75.7 Å². The number of carbonyl (C=O) groups is 1. The lowest BCUT2D eigenvalue weighted by molar-refractivity contribution is -0.117. The summed E-state index contributed by atoms with van der Waals surface area (Å²) in [6.45, 7) is 5.65. The number of hydrogen-bond donors (Lipinski definition) is 1. The molecule has 0 radical (unpaired) electrons. The van der Waals surface area contributed by atoms with Crippen LogP contribution in [0, 0.1) is 0 Å². The molecule has 7 heteroatoms. The van der Waals surface area contributed by atoms with Gasteiger partial charge in [0.2, 0.25) is 15.9 Å². The standard InChI is InChI=1S/C20H26N2O4S/c1-5-19(22(27(4,24)25)17-9-7-6-8-10-17)20(23)21-16-11-13-18(14-12-16)26-15(2)3/h6-15,19H,5H2,1-4H3,(H,21,23)/t19-/m0/s1. The van der Waals surface area contributed by atoms with Crippen LogP contribution in [-0.2, 0) is 14.8 Å². The van der Waals surface area contributed by atoms with Crippen LogP contribution >= 0.6 is 0 Å². The lowest BCUT2D eigenvalue weighted by atomic mass is 10.2. The minimum Gasteiger partial charge on any atom is -0.491 e. The Kier molecular flexibility index (Phi) is 6.85. The van der Waals surface area contributed by atoms with E-state index in [4.69, 9.17) is 4.74 Å². The highest BCUT2D eigenvalue weighted by molar-refractivity contribution is 7.92. The smallest absolute Gasteiger partial charge is 0.248 e. The first-order chi connectivity index (χ1) is 12.7. The Morgan fingerprint density at radius 1 is 1.07 bits per heavy atom. The van der Waals surface area contributed by atoms with Crippen molar-refractivity contribution in [3.8, 4) is 5.75 Å². The normalized spacial score (nSPS) is 12.5. The van der Waals surface area contributed by atoms with E-state index in [1.54, 1.807) is 61.5 Å². The number of nitrogens with one attached hydrogen (secondary N) is 1. The molecule has 0 saturated carbocycles. The van der Waals surface area contributed by atoms with Crippen molar-refractivity contribution in [2.45, 2.75) is 39.3 Å². The summed E-state index contributed by atoms with van der Waals surface area (Å²) < 4.78 is 31.5. The highest BCUT2D eigenvalue weighted by atomic mass is 32.2. The third kappa shape index (κ3) is 5.72. The third-order valence-electron chi connectivity index (χ3n) is 3.83. The average Bonchev–Trinajstić information content (AvgIpc) is 2.60. The summed E-state index contributed by atoms with van der Waals surface area (Å²) in [6.07, 6.45) is 1.50. The van der Waals surface area contributed by atoms with E-state index in [2.05, 4.69) is 5.32 Å². The number of ether oxygens (including phenoxy) is 1. The molecule has 1 N–H and O–H groups in total. The van der Waals surface area contributed by atoms with Gasteiger partial charge in [0.25, 0.3) is 0 Å². The molecule has 0 aliphatic rings. The molecular weight excluding hydrogens is 364 g/mol. The first-order valence-electron chi connectivity index (χ1n) is 8.84. The van der Waals surface area contributed by atoms with Crippen LogP contribution in [0.1, 0.15) is 27.2 Å². The maximum Gasteiger partial charge on any atom is 0.248 e. The van der Waals surface area contributed by atoms with Gasteiger partial charge in [0.1, 0.15) is 11.8 Å². The van der Waals surface area contributed by atoms with Crippen LogP contribution in [0.2, 0.25) is 0 Å². The molecule has 146 valence electrons. The Morgan fingerprint density at radius 2 is 1.67 bits per heavy atom. The van der Waals surface area contributed by atoms with Crippen molar-refractivity contribution >= 4 is 27.3 Å². The highest BCUT2D eigenvalue weighted by Gasteiger charge is 2.31. The van der Waals surface area contributed by atoms with E-state index in [0.29, 0.717) is 23.5 Å². The van der Waals surface area contributed by atoms with Gasteiger partial charge in [-0.2, -0.15) is 0 Å². The van der Waals surface area contributed by atoms with Crippen LogP contribution in [0.5, 0.6) is 5.75 Å². The van der Waals surface area contributed by atoms with Gasteiger partial charge in [0, 0.05) is 5.69 Å². The summed E-state index contributed by atoms with van der Waals surface area (Å²) in [6, 6.07) is 14.8. The van der Waals surface area contributed by atoms with Gasteiger partial charge in [-0.3, -0.25) is 9.10 Å². The zero-order valence-electron chi connectivity index (χ0n) is 16.0. The zero-order chi connectivity index (χ0) is 20.0. The molecule has 6 nitrogen and oxygen atoms in total. The highest BCUT2D eigenvalue weighted by Crippen LogP contribution is 2.23. The summed E-state index contributed by atoms with van der Waals surface area (Å²) in [7, 11) is -3.63. The van der Waals surface area contributed by atoms with Crippen molar-refractivity contribution in [1.82, 2.24) is 0 Å². The van der Waals surface area contributed by atoms with Gasteiger partial charge >= 0.3 is 0 Å². The van der Waals surface area contributed by atoms with Crippen molar-refractivity contribution < 1.29 is 17.9 Å². The largest absolute Gasteiger partial charge is 0.491 e. The lowest BCUT2D eigenvalue weighted by Gasteiger charge is -2.30. The van der Waals surface area contributed by atoms with Crippen LogP contribution in [-0.4, -0.2) is 32.7 Å². The van der Waals surface area contributed by atoms with Gasteiger partial charge in [-0.15, -0.1) is 0 Å². The fourth-order valence-corrected chi connectivity index (χ4v) is 3.96. The molecule has 27 heavy (non-hydrogen) atoms. The molecule has 2 rings (SSSR count). The van der Waals surface area contributed by atoms with Crippen molar-refractivity contribution in [3.05, 3.63) is 54.6 Å². The number of carbonyl (C=O) groups excluding carboxylic acids is 1. The number of rotatable bonds is 8. The monoisotopic (exact) mass is 390 g/mol. The number of para-hydroxylation sites is 1. The number of nitrogens with zero attached hydrogens (tertiary/aromatic N) is 1. The quantitative estimate of drug-likeness (QED) is 0.746. The molecule has 0 fully saturated rings. The lowest BCUT2D eigenvalue weighted by Crippen LogP contribution is -2.46. The first-order valence-corrected chi connectivity index (χ1v) is 10.7. The SMILES string of the molecule is CC[C@@H](C(=O)Nc1ccc(OC(C)C)cc1)N(c1ccccc1)S(C)(=O)=O. The summed E-state index contributed by atoms with van der Waals surface area (Å²) >= 11 is 0. The maximum absolute atomic E-state index is 12.8. The van der Waals surface area contributed by atoms with Crippen LogP contribution in [0.25, 0.3) is 0 Å². The van der Waals surface area contributed by atoms with Gasteiger partial charge in [-0.25, -0.2) is 8.42 Å². The molecule has 0 bridgehead atoms. The fourth-order valence-electron chi connectivity index (χ4n) is 2.75. The van der Waals surface area contributed by atoms with Gasteiger partial charge in [0.05, 0.1) is 18.0 Å². The second-order valence-electron chi connectivity index (χ2n) is 6.50. The predicted molar refractivity (Wildman–Crippen MR) is 109 cm³/mol. The first kappa shape index (κ1) is 20.8. The number of sulfonamides is 1. The number of hydrogen-bond acceptors (Lipinski definition) is 4. The Labute approximate surface area is 161 Å². The maximum atomic E-state index is 12.8. The van der Waals surface area contributed by atoms with E-state index in [-0.39, 0.29) is 12.0 Å². The van der Waals surface area contributed by atoms with Gasteiger partial charge in [-0.05, 0) is 56.7 Å². The molecule has 0 aliphatic carbocycles. The number of amides is 1. The van der Waals surface area contributed by atoms with Gasteiger partial charge in [-0.1, -0.05) is 25.1 Å². The minimum absolute atomic E-state index is 0.0594. The Balaban J connectivity index is 2.23. The zero-order valence-corrected chi connectivity index (χ0v) is 16.9. The Morgan fingerprint density at radius 3 is 2.15 bits per heavy atom. The number of anilines is 2. The molecule has 0 aromatic heterocycles. The second kappa shape index (κ2) is 8.90. The Bertz CT molecular complexity index is 849. The molecule has 0 saturated heterocycles. The molecule has 0 aliphatic heterocycles. The van der Waals surface area contributed by atoms with E-state index in [1.165, 1.54) is 4.31 Å². The predicted octanol–water partition coefficient (Wildman–Crippen LogP) is 3.66. The van der Waals surface area contributed by atoms with E-state index in [9.17, 15) is 13.2 Å². The summed E-state index contributed by atoms with van der Waals surface area (Å²) in [5, 5.41) is 2.80. The fraction of sp³-hybridized carbons (Fsp3) is 0.350. The third-order valence-corrected chi connectivity index (χ3v) is 5.01. The van der Waals surface area contributed by atoms with Gasteiger partial charge < -0.3 is 10.1 Å². The molecule has 0 heterocycles. The van der Waals surface area contributed by atoms with Crippen molar-refractivity contribution in [1.29, 1.82) is 0 Å². The number of benzene rings is 2. The minimum atomic E-state index is -3.63. The van der Waals surface area contributed by atoms with E-state index in [1.807, 2.05) is 13.8 Å². The van der Waals surface area contributed by atoms with Crippen LogP contribution < -0.4 is 14.4 Å². The van der Waals surface area contributed by atoms with E-state index >= 15 is 0 Å². The van der Waals surface area contributed by atoms with Crippen molar-refractivity contribution in [2.75, 3.05) is 15.9 Å². The van der Waals surface area contributed by atoms with Crippen LogP contribution in [0.15, 0.2) is 54.6 Å². The molecule has 0 unspecified atom stereocenters. The summed E-state index contributed by atoms with van der Waals surface area (Å²) in [4.78, 5) is 12.8. The molecule has 2 aromatic rings. The van der Waals surface area contributed by atoms with Crippen molar-refractivity contribution in [3.63, 3.8) is 0 Å². The Hall–Kier alpha value is -2.54. The molecule has 0 spiro atoms. The van der Waals surface area contributed by atoms with Crippen LogP contribution in [0.4, 0.5) is 11.4 Å². The molecular formula is C20H26N2O4S. The van der Waals surface area contributed by atoms with Crippen LogP contribution in [0.3, 0.4) is 0 Å². The van der Waals surface area contributed by atoms with E-state index in [0.717, 1.165) is 6.26 Å². The van der Waals surface area contributed by atoms with Gasteiger partial charge in [0.15, 0.2) is 0 Å². The summed E-state index contributed by atoms with van der Waals surface area (Å²) in [5.74, 6) is 0.321. The molecule has 1 amide bonds. The van der Waals surface area contributed by atoms with Crippen molar-refractivity contribution in [2.24, 2.45) is 0 Å². The average molecular weight is 391 g/mol. The second-order valence-corrected chi connectivity index (χ2v) is 8.36. The summed E-state index contributed by atoms with van der Waals surface area (Å²) in [5.41, 5.74) is 1.04.